The molecule has 0 aromatic rings. The van der Waals surface area contributed by atoms with Crippen LogP contribution >= 0.6 is 0 Å². The molecule has 0 aliphatic heterocycles. The zero-order valence-electron chi connectivity index (χ0n) is 18.3. The first-order chi connectivity index (χ1) is 12.4. The number of aliphatic hydroxyl groups is 1. The number of aliphatic hydroxyl groups excluding tert-OH is 1. The summed E-state index contributed by atoms with van der Waals surface area (Å²) in [5.74, 6) is 0. The van der Waals surface area contributed by atoms with Crippen molar-refractivity contribution >= 4 is 10.1 Å². The van der Waals surface area contributed by atoms with Crippen LogP contribution in [0.5, 0.6) is 0 Å². The summed E-state index contributed by atoms with van der Waals surface area (Å²) in [7, 11) is -4.11. The van der Waals surface area contributed by atoms with Crippen molar-refractivity contribution in [3.05, 3.63) is 0 Å². The van der Waals surface area contributed by atoms with Crippen LogP contribution in [0.25, 0.3) is 0 Å². The molecule has 0 saturated carbocycles. The van der Waals surface area contributed by atoms with Gasteiger partial charge in [-0.15, -0.1) is 0 Å². The maximum atomic E-state index is 11.0. The molecule has 0 radical (unpaired) electrons. The number of hydrogen-bond donors (Lipinski definition) is 1. The fourth-order valence-electron chi connectivity index (χ4n) is 3.49. The summed E-state index contributed by atoms with van der Waals surface area (Å²) in [5.41, 5.74) is 0. The van der Waals surface area contributed by atoms with E-state index in [0.717, 1.165) is 44.9 Å². The second kappa shape index (κ2) is 20.8. The van der Waals surface area contributed by atoms with Crippen molar-refractivity contribution in [3.63, 3.8) is 0 Å². The Labute approximate surface area is 211 Å². The van der Waals surface area contributed by atoms with Gasteiger partial charge in [-0.3, -0.25) is 0 Å². The Morgan fingerprint density at radius 3 is 1.44 bits per heavy atom. The van der Waals surface area contributed by atoms with E-state index in [2.05, 4.69) is 6.92 Å². The molecular formula is C21H43KO4S. The van der Waals surface area contributed by atoms with E-state index in [0.29, 0.717) is 12.8 Å². The zero-order chi connectivity index (χ0) is 19.7. The average molecular weight is 431 g/mol. The Bertz CT molecular complexity index is 401. The van der Waals surface area contributed by atoms with Gasteiger partial charge in [0, 0.05) is 5.25 Å². The molecule has 0 aromatic heterocycles. The minimum absolute atomic E-state index is 0. The minimum Gasteiger partial charge on any atom is -0.748 e. The fourth-order valence-corrected chi connectivity index (χ4v) is 4.36. The summed E-state index contributed by atoms with van der Waals surface area (Å²) >= 11 is 0. The molecule has 0 rings (SSSR count). The summed E-state index contributed by atoms with van der Waals surface area (Å²) in [6, 6.07) is 0. The summed E-state index contributed by atoms with van der Waals surface area (Å²) in [4.78, 5) is 0. The van der Waals surface area contributed by atoms with Crippen LogP contribution in [0.1, 0.15) is 123 Å². The molecular weight excluding hydrogens is 387 g/mol. The van der Waals surface area contributed by atoms with Gasteiger partial charge in [0.1, 0.15) is 0 Å². The van der Waals surface area contributed by atoms with Gasteiger partial charge < -0.3 is 9.66 Å². The molecule has 0 aromatic carbocycles. The van der Waals surface area contributed by atoms with Crippen LogP contribution in [0, 0.1) is 0 Å². The van der Waals surface area contributed by atoms with Crippen LogP contribution in [-0.4, -0.2) is 29.4 Å². The summed E-state index contributed by atoms with van der Waals surface area (Å²) < 4.78 is 33.0. The number of hydrogen-bond acceptors (Lipinski definition) is 4. The molecule has 0 amide bonds. The van der Waals surface area contributed by atoms with E-state index < -0.39 is 15.4 Å². The van der Waals surface area contributed by atoms with Crippen LogP contribution < -0.4 is 51.4 Å². The van der Waals surface area contributed by atoms with Crippen molar-refractivity contribution in [1.82, 2.24) is 0 Å². The van der Waals surface area contributed by atoms with Crippen LogP contribution in [0.15, 0.2) is 0 Å². The van der Waals surface area contributed by atoms with Crippen LogP contribution in [0.2, 0.25) is 0 Å². The van der Waals surface area contributed by atoms with Gasteiger partial charge in [-0.1, -0.05) is 97.3 Å². The van der Waals surface area contributed by atoms with E-state index in [1.807, 2.05) is 0 Å². The maximum absolute atomic E-state index is 11.0. The van der Waals surface area contributed by atoms with E-state index in [4.69, 9.17) is 0 Å². The molecule has 0 bridgehead atoms. The minimum atomic E-state index is -4.11. The molecule has 1 N–H and O–H groups in total. The number of rotatable bonds is 19. The smallest absolute Gasteiger partial charge is 0.748 e. The van der Waals surface area contributed by atoms with E-state index in [1.165, 1.54) is 51.4 Å². The van der Waals surface area contributed by atoms with Gasteiger partial charge in [0.15, 0.2) is 0 Å². The van der Waals surface area contributed by atoms with Crippen molar-refractivity contribution in [1.29, 1.82) is 0 Å². The predicted octanol–water partition coefficient (Wildman–Crippen LogP) is 2.94. The third-order valence-corrected chi connectivity index (χ3v) is 6.70. The molecule has 0 saturated heterocycles. The second-order valence-corrected chi connectivity index (χ2v) is 9.44. The van der Waals surface area contributed by atoms with E-state index >= 15 is 0 Å². The molecule has 2 atom stereocenters. The van der Waals surface area contributed by atoms with Crippen LogP contribution in [-0.2, 0) is 10.1 Å². The topological polar surface area (TPSA) is 77.4 Å². The first kappa shape index (κ1) is 30.7. The predicted molar refractivity (Wildman–Crippen MR) is 109 cm³/mol. The zero-order valence-corrected chi connectivity index (χ0v) is 22.2. The number of unbranched alkanes of at least 4 members (excludes halogenated alkanes) is 11. The molecule has 0 fully saturated rings. The van der Waals surface area contributed by atoms with Crippen molar-refractivity contribution in [2.45, 2.75) is 134 Å². The Hall–Kier alpha value is 1.51. The van der Waals surface area contributed by atoms with E-state index in [9.17, 15) is 18.1 Å². The van der Waals surface area contributed by atoms with Gasteiger partial charge in [0.05, 0.1) is 16.2 Å². The molecule has 2 unspecified atom stereocenters. The van der Waals surface area contributed by atoms with E-state index in [-0.39, 0.29) is 57.5 Å². The molecule has 158 valence electrons. The van der Waals surface area contributed by atoms with Crippen molar-refractivity contribution in [3.8, 4) is 0 Å². The molecule has 0 aliphatic rings. The summed E-state index contributed by atoms with van der Waals surface area (Å²) in [6.07, 6.45) is 17.9. The third kappa shape index (κ3) is 20.6. The van der Waals surface area contributed by atoms with Crippen molar-refractivity contribution in [2.24, 2.45) is 0 Å². The first-order valence-electron chi connectivity index (χ1n) is 11.0. The summed E-state index contributed by atoms with van der Waals surface area (Å²) in [6.45, 7) is 3.99. The van der Waals surface area contributed by atoms with Gasteiger partial charge in [0.25, 0.3) is 0 Å². The molecule has 0 aliphatic carbocycles. The van der Waals surface area contributed by atoms with E-state index in [1.54, 1.807) is 6.92 Å². The van der Waals surface area contributed by atoms with Crippen molar-refractivity contribution in [2.75, 3.05) is 0 Å². The Morgan fingerprint density at radius 1 is 0.704 bits per heavy atom. The first-order valence-corrected chi connectivity index (χ1v) is 12.5. The van der Waals surface area contributed by atoms with Crippen LogP contribution in [0.4, 0.5) is 0 Å². The Kier molecular flexibility index (Phi) is 23.6. The summed E-state index contributed by atoms with van der Waals surface area (Å²) in [5, 5.41) is 9.27. The molecule has 6 heteroatoms. The Balaban J connectivity index is 0. The molecule has 27 heavy (non-hydrogen) atoms. The van der Waals surface area contributed by atoms with Crippen molar-refractivity contribution < 1.29 is 69.5 Å². The molecule has 4 nitrogen and oxygen atoms in total. The second-order valence-electron chi connectivity index (χ2n) is 7.79. The van der Waals surface area contributed by atoms with Gasteiger partial charge >= 0.3 is 51.4 Å². The third-order valence-electron chi connectivity index (χ3n) is 5.32. The van der Waals surface area contributed by atoms with Gasteiger partial charge in [0.2, 0.25) is 0 Å². The van der Waals surface area contributed by atoms with Gasteiger partial charge in [-0.25, -0.2) is 8.42 Å². The SMILES string of the molecule is CCCCCCCC(O)CCCCCCCCCCC(CC)S(=O)(=O)[O-].[K+]. The standard InChI is InChI=1S/C21H44O4S.K/c1-3-5-6-11-14-17-20(22)18-15-12-9-7-8-10-13-16-19-21(4-2)26(23,24)25;/h20-22H,3-19H2,1-2H3,(H,23,24,25);/q;+1/p-1. The molecule has 0 heterocycles. The van der Waals surface area contributed by atoms with Gasteiger partial charge in [-0.2, -0.15) is 0 Å². The Morgan fingerprint density at radius 2 is 1.07 bits per heavy atom. The maximum Gasteiger partial charge on any atom is 1.00 e. The molecule has 0 spiro atoms. The van der Waals surface area contributed by atoms with Crippen LogP contribution in [0.3, 0.4) is 0 Å². The average Bonchev–Trinajstić information content (AvgIpc) is 2.58. The largest absolute Gasteiger partial charge is 1.00 e. The quantitative estimate of drug-likeness (QED) is 0.194. The fraction of sp³-hybridized carbons (Fsp3) is 1.00. The van der Waals surface area contributed by atoms with Gasteiger partial charge in [-0.05, 0) is 25.7 Å². The monoisotopic (exact) mass is 430 g/mol. The normalized spacial score (nSPS) is 13.9.